The minimum atomic E-state index is 0.316. The number of aliphatic imine (C=N–C) groups is 1. The molecule has 3 heteroatoms. The maximum atomic E-state index is 5.71. The summed E-state index contributed by atoms with van der Waals surface area (Å²) in [6.07, 6.45) is 0.948. The second-order valence-electron chi connectivity index (χ2n) is 4.10. The first kappa shape index (κ1) is 11.3. The van der Waals surface area contributed by atoms with Crippen LogP contribution in [0.3, 0.4) is 0 Å². The maximum absolute atomic E-state index is 5.71. The van der Waals surface area contributed by atoms with Gasteiger partial charge in [-0.1, -0.05) is 30.3 Å². The molecule has 2 rings (SSSR count). The molecule has 1 aliphatic heterocycles. The van der Waals surface area contributed by atoms with E-state index in [1.807, 2.05) is 18.1 Å². The fraction of sp³-hybridized carbons (Fsp3) is 0.462. The van der Waals surface area contributed by atoms with Gasteiger partial charge in [0.25, 0.3) is 0 Å². The van der Waals surface area contributed by atoms with Crippen LogP contribution in [0.15, 0.2) is 35.3 Å². The zero-order valence-electron chi connectivity index (χ0n) is 9.89. The zero-order valence-corrected chi connectivity index (χ0v) is 9.89. The topological polar surface area (TPSA) is 24.8 Å². The van der Waals surface area contributed by atoms with E-state index in [9.17, 15) is 0 Å². The standard InChI is InChI=1S/C13H18N2O/c1-11-12(2)15(10-14-11)16-9-8-13-6-4-3-5-7-13/h3-7,12H,8-10H2,1-2H3. The molecule has 0 amide bonds. The van der Waals surface area contributed by atoms with Gasteiger partial charge in [-0.05, 0) is 25.8 Å². The minimum absolute atomic E-state index is 0.316. The van der Waals surface area contributed by atoms with Crippen molar-refractivity contribution in [2.45, 2.75) is 26.3 Å². The number of nitrogens with zero attached hydrogens (tertiary/aromatic N) is 2. The Morgan fingerprint density at radius 1 is 1.38 bits per heavy atom. The maximum Gasteiger partial charge on any atom is 0.115 e. The van der Waals surface area contributed by atoms with Gasteiger partial charge in [-0.3, -0.25) is 9.83 Å². The van der Waals surface area contributed by atoms with E-state index in [4.69, 9.17) is 4.84 Å². The van der Waals surface area contributed by atoms with E-state index in [0.29, 0.717) is 12.7 Å². The fourth-order valence-corrected chi connectivity index (χ4v) is 1.72. The quantitative estimate of drug-likeness (QED) is 0.774. The number of rotatable bonds is 4. The number of benzene rings is 1. The van der Waals surface area contributed by atoms with Crippen LogP contribution in [0.4, 0.5) is 0 Å². The third-order valence-electron chi connectivity index (χ3n) is 2.99. The van der Waals surface area contributed by atoms with Crippen molar-refractivity contribution in [2.75, 3.05) is 13.3 Å². The fourth-order valence-electron chi connectivity index (χ4n) is 1.72. The Morgan fingerprint density at radius 2 is 2.12 bits per heavy atom. The van der Waals surface area contributed by atoms with E-state index in [-0.39, 0.29) is 0 Å². The third kappa shape index (κ3) is 2.68. The van der Waals surface area contributed by atoms with Gasteiger partial charge in [0.05, 0.1) is 12.6 Å². The normalized spacial score (nSPS) is 21.1. The Balaban J connectivity index is 1.74. The van der Waals surface area contributed by atoms with Crippen molar-refractivity contribution >= 4 is 5.71 Å². The van der Waals surface area contributed by atoms with Gasteiger partial charge in [0, 0.05) is 5.71 Å². The van der Waals surface area contributed by atoms with Crippen molar-refractivity contribution in [3.8, 4) is 0 Å². The molecule has 86 valence electrons. The zero-order chi connectivity index (χ0) is 11.4. The molecular weight excluding hydrogens is 200 g/mol. The average molecular weight is 218 g/mol. The summed E-state index contributed by atoms with van der Waals surface area (Å²) in [5.74, 6) is 0. The second kappa shape index (κ2) is 5.23. The Bertz CT molecular complexity index is 361. The number of hydrogen-bond acceptors (Lipinski definition) is 3. The Labute approximate surface area is 96.7 Å². The van der Waals surface area contributed by atoms with Gasteiger partial charge in [0.2, 0.25) is 0 Å². The lowest BCUT2D eigenvalue weighted by atomic mass is 10.2. The SMILES string of the molecule is CC1=NCN(OCCc2ccccc2)C1C. The molecule has 1 aliphatic rings. The molecule has 0 fully saturated rings. The predicted molar refractivity (Wildman–Crippen MR) is 65.4 cm³/mol. The van der Waals surface area contributed by atoms with Gasteiger partial charge in [0.1, 0.15) is 6.67 Å². The lowest BCUT2D eigenvalue weighted by Gasteiger charge is -2.20. The first-order valence-electron chi connectivity index (χ1n) is 5.72. The van der Waals surface area contributed by atoms with Crippen LogP contribution in [0.2, 0.25) is 0 Å². The average Bonchev–Trinajstić information content (AvgIpc) is 2.62. The van der Waals surface area contributed by atoms with Gasteiger partial charge >= 0.3 is 0 Å². The molecule has 0 radical (unpaired) electrons. The highest BCUT2D eigenvalue weighted by Crippen LogP contribution is 2.10. The molecule has 1 heterocycles. The second-order valence-corrected chi connectivity index (χ2v) is 4.10. The Morgan fingerprint density at radius 3 is 2.75 bits per heavy atom. The Hall–Kier alpha value is -1.19. The molecule has 0 saturated carbocycles. The molecule has 1 atom stereocenters. The largest absolute Gasteiger partial charge is 0.296 e. The molecule has 0 aromatic heterocycles. The van der Waals surface area contributed by atoms with Gasteiger partial charge in [0.15, 0.2) is 0 Å². The molecule has 0 bridgehead atoms. The van der Waals surface area contributed by atoms with Crippen LogP contribution in [0.25, 0.3) is 0 Å². The summed E-state index contributed by atoms with van der Waals surface area (Å²) >= 11 is 0. The molecule has 16 heavy (non-hydrogen) atoms. The molecule has 0 N–H and O–H groups in total. The summed E-state index contributed by atoms with van der Waals surface area (Å²) in [4.78, 5) is 10.1. The summed E-state index contributed by atoms with van der Waals surface area (Å²) < 4.78 is 0. The van der Waals surface area contributed by atoms with Crippen LogP contribution in [0.5, 0.6) is 0 Å². The molecule has 1 unspecified atom stereocenters. The van der Waals surface area contributed by atoms with E-state index >= 15 is 0 Å². The molecule has 0 aliphatic carbocycles. The van der Waals surface area contributed by atoms with E-state index in [0.717, 1.165) is 18.7 Å². The lowest BCUT2D eigenvalue weighted by Crippen LogP contribution is -2.32. The van der Waals surface area contributed by atoms with Crippen molar-refractivity contribution in [2.24, 2.45) is 4.99 Å². The van der Waals surface area contributed by atoms with Gasteiger partial charge in [-0.2, -0.15) is 5.06 Å². The first-order chi connectivity index (χ1) is 7.77. The number of hydrogen-bond donors (Lipinski definition) is 0. The highest BCUT2D eigenvalue weighted by Gasteiger charge is 2.22. The first-order valence-corrected chi connectivity index (χ1v) is 5.72. The molecule has 3 nitrogen and oxygen atoms in total. The monoisotopic (exact) mass is 218 g/mol. The van der Waals surface area contributed by atoms with Crippen LogP contribution in [0, 0.1) is 0 Å². The van der Waals surface area contributed by atoms with Crippen molar-refractivity contribution in [3.05, 3.63) is 35.9 Å². The van der Waals surface area contributed by atoms with E-state index in [1.54, 1.807) is 0 Å². The molecule has 1 aromatic rings. The van der Waals surface area contributed by atoms with E-state index in [1.165, 1.54) is 5.56 Å². The third-order valence-corrected chi connectivity index (χ3v) is 2.99. The molecule has 1 aromatic carbocycles. The predicted octanol–water partition coefficient (Wildman–Crippen LogP) is 2.28. The van der Waals surface area contributed by atoms with Gasteiger partial charge < -0.3 is 0 Å². The van der Waals surface area contributed by atoms with Crippen LogP contribution in [0.1, 0.15) is 19.4 Å². The molecule has 0 saturated heterocycles. The molecule has 0 spiro atoms. The van der Waals surface area contributed by atoms with E-state index < -0.39 is 0 Å². The smallest absolute Gasteiger partial charge is 0.115 e. The van der Waals surface area contributed by atoms with Crippen molar-refractivity contribution in [3.63, 3.8) is 0 Å². The highest BCUT2D eigenvalue weighted by atomic mass is 16.7. The number of hydroxylamine groups is 2. The van der Waals surface area contributed by atoms with Crippen molar-refractivity contribution < 1.29 is 4.84 Å². The lowest BCUT2D eigenvalue weighted by molar-refractivity contribution is -0.159. The van der Waals surface area contributed by atoms with Crippen molar-refractivity contribution in [1.29, 1.82) is 0 Å². The van der Waals surface area contributed by atoms with E-state index in [2.05, 4.69) is 36.2 Å². The summed E-state index contributed by atoms with van der Waals surface area (Å²) in [6, 6.07) is 10.7. The Kier molecular flexibility index (Phi) is 3.70. The summed E-state index contributed by atoms with van der Waals surface area (Å²) in [5, 5.41) is 1.94. The highest BCUT2D eigenvalue weighted by molar-refractivity contribution is 5.87. The van der Waals surface area contributed by atoms with Gasteiger partial charge in [-0.15, -0.1) is 0 Å². The van der Waals surface area contributed by atoms with Crippen molar-refractivity contribution in [1.82, 2.24) is 5.06 Å². The summed E-state index contributed by atoms with van der Waals surface area (Å²) in [6.45, 7) is 5.55. The van der Waals surface area contributed by atoms with Crippen LogP contribution in [-0.2, 0) is 11.3 Å². The van der Waals surface area contributed by atoms with Crippen LogP contribution >= 0.6 is 0 Å². The summed E-state index contributed by atoms with van der Waals surface area (Å²) in [5.41, 5.74) is 2.46. The van der Waals surface area contributed by atoms with Crippen LogP contribution in [-0.4, -0.2) is 30.1 Å². The minimum Gasteiger partial charge on any atom is -0.296 e. The summed E-state index contributed by atoms with van der Waals surface area (Å²) in [7, 11) is 0. The van der Waals surface area contributed by atoms with Crippen LogP contribution < -0.4 is 0 Å². The molecular formula is C13H18N2O. The van der Waals surface area contributed by atoms with Gasteiger partial charge in [-0.25, -0.2) is 0 Å².